The van der Waals surface area contributed by atoms with E-state index in [1.54, 1.807) is 0 Å². The molecule has 1 aromatic carbocycles. The highest BCUT2D eigenvalue weighted by molar-refractivity contribution is 6.31. The fourth-order valence-electron chi connectivity index (χ4n) is 3.98. The van der Waals surface area contributed by atoms with Gasteiger partial charge >= 0.3 is 0 Å². The van der Waals surface area contributed by atoms with Gasteiger partial charge in [0.2, 0.25) is 0 Å². The van der Waals surface area contributed by atoms with Crippen molar-refractivity contribution in [2.75, 3.05) is 6.54 Å². The average Bonchev–Trinajstić information content (AvgIpc) is 2.64. The first-order valence-corrected chi connectivity index (χ1v) is 10.3. The Morgan fingerprint density at radius 3 is 2.60 bits per heavy atom. The maximum absolute atomic E-state index is 6.28. The number of nitrogens with one attached hydrogen (secondary N) is 3. The molecule has 2 rings (SSSR count). The van der Waals surface area contributed by atoms with Crippen LogP contribution in [-0.4, -0.2) is 6.54 Å². The molecule has 2 unspecified atom stereocenters. The smallest absolute Gasteiger partial charge is 0.0990 e. The molecule has 4 nitrogen and oxygen atoms in total. The van der Waals surface area contributed by atoms with E-state index in [2.05, 4.69) is 23.2 Å². The Balaban J connectivity index is 1.62. The zero-order chi connectivity index (χ0) is 17.9. The predicted octanol–water partition coefficient (Wildman–Crippen LogP) is 4.67. The zero-order valence-corrected chi connectivity index (χ0v) is 16.3. The molecule has 0 spiro atoms. The van der Waals surface area contributed by atoms with Gasteiger partial charge in [-0.3, -0.25) is 11.2 Å². The number of halogens is 1. The lowest BCUT2D eigenvalue weighted by atomic mass is 9.79. The van der Waals surface area contributed by atoms with Crippen LogP contribution in [0.15, 0.2) is 24.3 Å². The van der Waals surface area contributed by atoms with Gasteiger partial charge in [0.1, 0.15) is 0 Å². The summed E-state index contributed by atoms with van der Waals surface area (Å²) in [4.78, 5) is 0. The second-order valence-corrected chi connectivity index (χ2v) is 7.83. The minimum Gasteiger partial charge on any atom is -0.297 e. The third kappa shape index (κ3) is 7.24. The van der Waals surface area contributed by atoms with Crippen LogP contribution in [0.2, 0.25) is 5.02 Å². The van der Waals surface area contributed by atoms with E-state index in [-0.39, 0.29) is 6.17 Å². The maximum atomic E-state index is 6.28. The number of hydrazine groups is 2. The predicted molar refractivity (Wildman–Crippen MR) is 107 cm³/mol. The molecular weight excluding hydrogens is 332 g/mol. The summed E-state index contributed by atoms with van der Waals surface area (Å²) in [6.45, 7) is 3.40. The van der Waals surface area contributed by atoms with Gasteiger partial charge in [0.05, 0.1) is 6.17 Å². The first-order valence-electron chi connectivity index (χ1n) is 9.91. The first kappa shape index (κ1) is 20.7. The third-order valence-corrected chi connectivity index (χ3v) is 5.93. The van der Waals surface area contributed by atoms with Crippen LogP contribution in [0.3, 0.4) is 0 Å². The minimum atomic E-state index is -0.0835. The van der Waals surface area contributed by atoms with Crippen LogP contribution in [0.1, 0.15) is 76.4 Å². The van der Waals surface area contributed by atoms with Gasteiger partial charge in [-0.15, -0.1) is 0 Å². The Bertz CT molecular complexity index is 477. The van der Waals surface area contributed by atoms with Gasteiger partial charge in [0.15, 0.2) is 0 Å². The molecule has 0 amide bonds. The molecule has 0 aromatic heterocycles. The molecule has 0 saturated heterocycles. The summed E-state index contributed by atoms with van der Waals surface area (Å²) in [6, 6.07) is 7.83. The van der Waals surface area contributed by atoms with Crippen molar-refractivity contribution in [3.63, 3.8) is 0 Å². The Hall–Kier alpha value is -0.650. The van der Waals surface area contributed by atoms with E-state index < -0.39 is 0 Å². The number of rotatable bonds is 11. The lowest BCUT2D eigenvalue weighted by Crippen LogP contribution is -2.46. The van der Waals surface area contributed by atoms with E-state index in [0.717, 1.165) is 29.0 Å². The van der Waals surface area contributed by atoms with Crippen molar-refractivity contribution in [2.24, 2.45) is 17.7 Å². The quantitative estimate of drug-likeness (QED) is 0.199. The summed E-state index contributed by atoms with van der Waals surface area (Å²) in [5.74, 6) is 7.31. The van der Waals surface area contributed by atoms with Gasteiger partial charge < -0.3 is 0 Å². The number of hydrogen-bond donors (Lipinski definition) is 4. The molecule has 25 heavy (non-hydrogen) atoms. The van der Waals surface area contributed by atoms with Crippen LogP contribution in [0.25, 0.3) is 0 Å². The van der Waals surface area contributed by atoms with Crippen molar-refractivity contribution >= 4 is 11.6 Å². The monoisotopic (exact) mass is 366 g/mol. The lowest BCUT2D eigenvalue weighted by Gasteiger charge is -2.27. The molecule has 0 bridgehead atoms. The SMILES string of the molecule is CC(CCCCCNC(NNN)c1ccccc1Cl)C1CCCCC1. The average molecular weight is 367 g/mol. The Morgan fingerprint density at radius 2 is 1.88 bits per heavy atom. The van der Waals surface area contributed by atoms with E-state index in [1.807, 2.05) is 24.3 Å². The van der Waals surface area contributed by atoms with Gasteiger partial charge in [-0.05, 0) is 30.9 Å². The standard InChI is InChI=1S/C20H35ClN4/c1-16(17-11-5-2-6-12-17)10-4-3-9-15-23-20(24-25-22)18-13-7-8-14-19(18)21/h7-8,13-14,16-17,20,23-25H,2-6,9-12,15,22H2,1H3. The number of hydrogen-bond acceptors (Lipinski definition) is 4. The van der Waals surface area contributed by atoms with E-state index in [1.165, 1.54) is 57.8 Å². The summed E-state index contributed by atoms with van der Waals surface area (Å²) in [5.41, 5.74) is 6.56. The Kier molecular flexibility index (Phi) is 9.81. The topological polar surface area (TPSA) is 62.1 Å². The maximum Gasteiger partial charge on any atom is 0.0990 e. The highest BCUT2D eigenvalue weighted by atomic mass is 35.5. The molecule has 2 atom stereocenters. The van der Waals surface area contributed by atoms with E-state index in [4.69, 9.17) is 17.4 Å². The van der Waals surface area contributed by atoms with Gasteiger partial charge in [0.25, 0.3) is 0 Å². The van der Waals surface area contributed by atoms with E-state index >= 15 is 0 Å². The third-order valence-electron chi connectivity index (χ3n) is 5.58. The van der Waals surface area contributed by atoms with Gasteiger partial charge in [0, 0.05) is 10.6 Å². The summed E-state index contributed by atoms with van der Waals surface area (Å²) < 4.78 is 0. The van der Waals surface area contributed by atoms with Gasteiger partial charge in [-0.2, -0.15) is 5.53 Å². The Morgan fingerprint density at radius 1 is 1.12 bits per heavy atom. The van der Waals surface area contributed by atoms with Crippen LogP contribution in [0, 0.1) is 11.8 Å². The van der Waals surface area contributed by atoms with Gasteiger partial charge in [-0.1, -0.05) is 88.1 Å². The molecular formula is C20H35ClN4. The fourth-order valence-corrected chi connectivity index (χ4v) is 4.23. The van der Waals surface area contributed by atoms with Crippen LogP contribution >= 0.6 is 11.6 Å². The second-order valence-electron chi connectivity index (χ2n) is 7.42. The van der Waals surface area contributed by atoms with Gasteiger partial charge in [-0.25, -0.2) is 5.43 Å². The first-order chi connectivity index (χ1) is 12.2. The molecule has 1 fully saturated rings. The molecule has 1 aromatic rings. The Labute approximate surface area is 158 Å². The molecule has 0 radical (unpaired) electrons. The minimum absolute atomic E-state index is 0.0835. The fraction of sp³-hybridized carbons (Fsp3) is 0.700. The summed E-state index contributed by atoms with van der Waals surface area (Å²) >= 11 is 6.28. The summed E-state index contributed by atoms with van der Waals surface area (Å²) in [6.07, 6.45) is 12.3. The van der Waals surface area contributed by atoms with Crippen molar-refractivity contribution in [1.82, 2.24) is 16.3 Å². The van der Waals surface area contributed by atoms with Crippen molar-refractivity contribution in [3.8, 4) is 0 Å². The van der Waals surface area contributed by atoms with Crippen molar-refractivity contribution < 1.29 is 0 Å². The number of unbranched alkanes of at least 4 members (excludes halogenated alkanes) is 2. The second kappa shape index (κ2) is 11.9. The molecule has 0 aliphatic heterocycles. The molecule has 1 aliphatic carbocycles. The van der Waals surface area contributed by atoms with Crippen LogP contribution in [-0.2, 0) is 0 Å². The van der Waals surface area contributed by atoms with Crippen molar-refractivity contribution in [3.05, 3.63) is 34.9 Å². The lowest BCUT2D eigenvalue weighted by molar-refractivity contribution is 0.247. The number of nitrogens with two attached hydrogens (primary N) is 1. The zero-order valence-electron chi connectivity index (χ0n) is 15.6. The molecule has 1 saturated carbocycles. The van der Waals surface area contributed by atoms with Crippen LogP contribution < -0.4 is 22.1 Å². The molecule has 5 heteroatoms. The summed E-state index contributed by atoms with van der Waals surface area (Å²) in [7, 11) is 0. The largest absolute Gasteiger partial charge is 0.297 e. The molecule has 0 heterocycles. The normalized spacial score (nSPS) is 18.2. The molecule has 142 valence electrons. The number of benzene rings is 1. The van der Waals surface area contributed by atoms with E-state index in [0.29, 0.717) is 0 Å². The summed E-state index contributed by atoms with van der Waals surface area (Å²) in [5, 5.41) is 4.23. The van der Waals surface area contributed by atoms with Crippen LogP contribution in [0.5, 0.6) is 0 Å². The highest BCUT2D eigenvalue weighted by Gasteiger charge is 2.19. The van der Waals surface area contributed by atoms with Crippen molar-refractivity contribution in [1.29, 1.82) is 0 Å². The van der Waals surface area contributed by atoms with Crippen LogP contribution in [0.4, 0.5) is 0 Å². The molecule has 1 aliphatic rings. The molecule has 5 N–H and O–H groups in total. The highest BCUT2D eigenvalue weighted by Crippen LogP contribution is 2.32. The van der Waals surface area contributed by atoms with E-state index in [9.17, 15) is 0 Å². The van der Waals surface area contributed by atoms with Crippen molar-refractivity contribution in [2.45, 2.75) is 70.9 Å².